The Morgan fingerprint density at radius 3 is 2.26 bits per heavy atom. The van der Waals surface area contributed by atoms with Gasteiger partial charge in [0, 0.05) is 5.92 Å². The van der Waals surface area contributed by atoms with Crippen molar-refractivity contribution in [2.24, 2.45) is 11.8 Å². The summed E-state index contributed by atoms with van der Waals surface area (Å²) in [5, 5.41) is 11.1. The van der Waals surface area contributed by atoms with Crippen LogP contribution in [0, 0.1) is 11.8 Å². The molecule has 1 aliphatic heterocycles. The van der Waals surface area contributed by atoms with Crippen molar-refractivity contribution in [1.29, 1.82) is 0 Å². The van der Waals surface area contributed by atoms with E-state index in [2.05, 4.69) is 5.32 Å². The van der Waals surface area contributed by atoms with Crippen LogP contribution < -0.4 is 5.32 Å². The van der Waals surface area contributed by atoms with Gasteiger partial charge in [0.1, 0.15) is 13.1 Å². The molecule has 0 bridgehead atoms. The van der Waals surface area contributed by atoms with Gasteiger partial charge >= 0.3 is 5.97 Å². The van der Waals surface area contributed by atoms with Crippen LogP contribution in [0.25, 0.3) is 0 Å². The molecule has 1 aliphatic carbocycles. The third kappa shape index (κ3) is 3.10. The lowest BCUT2D eigenvalue weighted by molar-refractivity contribution is -0.150. The molecule has 104 valence electrons. The Morgan fingerprint density at radius 2 is 1.68 bits per heavy atom. The fourth-order valence-electron chi connectivity index (χ4n) is 2.69. The summed E-state index contributed by atoms with van der Waals surface area (Å²) in [7, 11) is 0. The molecule has 0 aromatic heterocycles. The molecule has 0 aromatic rings. The number of piperazine rings is 1. The van der Waals surface area contributed by atoms with Crippen molar-refractivity contribution in [3.05, 3.63) is 0 Å². The maximum Gasteiger partial charge on any atom is 0.306 e. The molecular formula is C12H16N2O5. The normalized spacial score (nSPS) is 27.9. The van der Waals surface area contributed by atoms with Crippen LogP contribution in [-0.2, 0) is 19.2 Å². The highest BCUT2D eigenvalue weighted by atomic mass is 16.4. The first kappa shape index (κ1) is 13.5. The zero-order chi connectivity index (χ0) is 14.0. The molecule has 0 spiro atoms. The van der Waals surface area contributed by atoms with E-state index in [1.165, 1.54) is 4.90 Å². The van der Waals surface area contributed by atoms with Gasteiger partial charge < -0.3 is 10.0 Å². The monoisotopic (exact) mass is 268 g/mol. The lowest BCUT2D eigenvalue weighted by Gasteiger charge is -2.32. The molecular weight excluding hydrogens is 252 g/mol. The van der Waals surface area contributed by atoms with E-state index in [4.69, 9.17) is 5.11 Å². The second-order valence-electron chi connectivity index (χ2n) is 5.06. The third-order valence-electron chi connectivity index (χ3n) is 3.63. The van der Waals surface area contributed by atoms with Crippen molar-refractivity contribution in [2.45, 2.75) is 25.7 Å². The molecule has 1 heterocycles. The molecule has 3 amide bonds. The zero-order valence-corrected chi connectivity index (χ0v) is 10.4. The summed E-state index contributed by atoms with van der Waals surface area (Å²) in [5.74, 6) is -3.05. The van der Waals surface area contributed by atoms with Gasteiger partial charge in [0.05, 0.1) is 5.92 Å². The summed E-state index contributed by atoms with van der Waals surface area (Å²) >= 11 is 0. The standard InChI is InChI=1S/C12H16N2O5/c15-9-5-14(6-10(16)13-9)11(17)7-2-1-3-8(4-7)12(18)19/h7-8H,1-6H2,(H,18,19)(H,13,15,16). The van der Waals surface area contributed by atoms with E-state index < -0.39 is 29.6 Å². The number of rotatable bonds is 2. The Morgan fingerprint density at radius 1 is 1.11 bits per heavy atom. The first-order chi connectivity index (χ1) is 8.97. The van der Waals surface area contributed by atoms with E-state index >= 15 is 0 Å². The third-order valence-corrected chi connectivity index (χ3v) is 3.63. The van der Waals surface area contributed by atoms with Crippen LogP contribution in [0.5, 0.6) is 0 Å². The lowest BCUT2D eigenvalue weighted by Crippen LogP contribution is -2.55. The number of carbonyl (C=O) groups is 4. The summed E-state index contributed by atoms with van der Waals surface area (Å²) in [6, 6.07) is 0. The molecule has 1 saturated heterocycles. The number of carboxylic acids is 1. The van der Waals surface area contributed by atoms with Gasteiger partial charge in [-0.3, -0.25) is 24.5 Å². The van der Waals surface area contributed by atoms with Crippen LogP contribution in [0.15, 0.2) is 0 Å². The average molecular weight is 268 g/mol. The largest absolute Gasteiger partial charge is 0.481 e. The van der Waals surface area contributed by atoms with Crippen molar-refractivity contribution < 1.29 is 24.3 Å². The molecule has 19 heavy (non-hydrogen) atoms. The Kier molecular flexibility index (Phi) is 3.82. The fraction of sp³-hybridized carbons (Fsp3) is 0.667. The van der Waals surface area contributed by atoms with Crippen molar-refractivity contribution in [3.8, 4) is 0 Å². The SMILES string of the molecule is O=C1CN(C(=O)C2CCCC(C(=O)O)C2)CC(=O)N1. The van der Waals surface area contributed by atoms with Gasteiger partial charge in [-0.2, -0.15) is 0 Å². The predicted molar refractivity (Wildman–Crippen MR) is 62.8 cm³/mol. The van der Waals surface area contributed by atoms with Crippen LogP contribution in [0.4, 0.5) is 0 Å². The maximum absolute atomic E-state index is 12.2. The molecule has 2 aliphatic rings. The number of carboxylic acid groups (broad SMARTS) is 1. The maximum atomic E-state index is 12.2. The molecule has 7 heteroatoms. The molecule has 2 N–H and O–H groups in total. The number of hydrogen-bond acceptors (Lipinski definition) is 4. The summed E-state index contributed by atoms with van der Waals surface area (Å²) in [4.78, 5) is 46.8. The molecule has 2 unspecified atom stereocenters. The van der Waals surface area contributed by atoms with Crippen molar-refractivity contribution in [1.82, 2.24) is 10.2 Å². The second kappa shape index (κ2) is 5.38. The second-order valence-corrected chi connectivity index (χ2v) is 5.06. The minimum absolute atomic E-state index is 0.126. The van der Waals surface area contributed by atoms with Crippen molar-refractivity contribution in [3.63, 3.8) is 0 Å². The van der Waals surface area contributed by atoms with Crippen LogP contribution in [-0.4, -0.2) is 46.8 Å². The van der Waals surface area contributed by atoms with Crippen molar-refractivity contribution in [2.75, 3.05) is 13.1 Å². The zero-order valence-electron chi connectivity index (χ0n) is 10.4. The highest BCUT2D eigenvalue weighted by Crippen LogP contribution is 2.30. The number of amides is 3. The van der Waals surface area contributed by atoms with Gasteiger partial charge in [-0.15, -0.1) is 0 Å². The lowest BCUT2D eigenvalue weighted by atomic mass is 9.80. The van der Waals surface area contributed by atoms with Crippen LogP contribution in [0.3, 0.4) is 0 Å². The fourth-order valence-corrected chi connectivity index (χ4v) is 2.69. The van der Waals surface area contributed by atoms with Gasteiger partial charge in [0.2, 0.25) is 17.7 Å². The van der Waals surface area contributed by atoms with Crippen LogP contribution in [0.1, 0.15) is 25.7 Å². The minimum atomic E-state index is -0.884. The first-order valence-corrected chi connectivity index (χ1v) is 6.31. The van der Waals surface area contributed by atoms with E-state index in [1.807, 2.05) is 0 Å². The van der Waals surface area contributed by atoms with Gasteiger partial charge in [0.25, 0.3) is 0 Å². The van der Waals surface area contributed by atoms with E-state index in [-0.39, 0.29) is 19.0 Å². The van der Waals surface area contributed by atoms with Crippen LogP contribution >= 0.6 is 0 Å². The average Bonchev–Trinajstić information content (AvgIpc) is 2.37. The molecule has 2 rings (SSSR count). The Labute approximate surface area is 109 Å². The Balaban J connectivity index is 2.00. The Bertz CT molecular complexity index is 418. The summed E-state index contributed by atoms with van der Waals surface area (Å²) in [6.45, 7) is -0.252. The molecule has 2 atom stereocenters. The minimum Gasteiger partial charge on any atom is -0.481 e. The molecule has 0 aromatic carbocycles. The molecule has 7 nitrogen and oxygen atoms in total. The summed E-state index contributed by atoms with van der Waals surface area (Å²) in [5.41, 5.74) is 0. The quantitative estimate of drug-likeness (QED) is 0.648. The number of hydrogen-bond donors (Lipinski definition) is 2. The number of carbonyl (C=O) groups excluding carboxylic acids is 3. The summed E-state index contributed by atoms with van der Waals surface area (Å²) < 4.78 is 0. The summed E-state index contributed by atoms with van der Waals surface area (Å²) in [6.07, 6.45) is 2.18. The smallest absolute Gasteiger partial charge is 0.306 e. The highest BCUT2D eigenvalue weighted by molar-refractivity contribution is 6.02. The van der Waals surface area contributed by atoms with Crippen molar-refractivity contribution >= 4 is 23.7 Å². The molecule has 2 fully saturated rings. The van der Waals surface area contributed by atoms with E-state index in [9.17, 15) is 19.2 Å². The van der Waals surface area contributed by atoms with E-state index in [0.717, 1.165) is 0 Å². The Hall–Kier alpha value is -1.92. The number of nitrogens with one attached hydrogen (secondary N) is 1. The van der Waals surface area contributed by atoms with E-state index in [0.29, 0.717) is 25.7 Å². The van der Waals surface area contributed by atoms with Gasteiger partial charge in [0.15, 0.2) is 0 Å². The van der Waals surface area contributed by atoms with E-state index in [1.54, 1.807) is 0 Å². The molecule has 0 radical (unpaired) electrons. The topological polar surface area (TPSA) is 104 Å². The number of nitrogens with zero attached hydrogens (tertiary/aromatic N) is 1. The van der Waals surface area contributed by atoms with Gasteiger partial charge in [-0.05, 0) is 19.3 Å². The number of imide groups is 1. The molecule has 1 saturated carbocycles. The number of aliphatic carboxylic acids is 1. The predicted octanol–water partition coefficient (Wildman–Crippen LogP) is -0.638. The van der Waals surface area contributed by atoms with Crippen LogP contribution in [0.2, 0.25) is 0 Å². The first-order valence-electron chi connectivity index (χ1n) is 6.31. The highest BCUT2D eigenvalue weighted by Gasteiger charge is 2.35. The van der Waals surface area contributed by atoms with Gasteiger partial charge in [-0.1, -0.05) is 6.42 Å². The van der Waals surface area contributed by atoms with Gasteiger partial charge in [-0.25, -0.2) is 0 Å².